The zero-order chi connectivity index (χ0) is 32.7. The van der Waals surface area contributed by atoms with E-state index in [9.17, 15) is 33.1 Å². The molecule has 0 aliphatic rings. The van der Waals surface area contributed by atoms with E-state index in [1.54, 1.807) is 51.1 Å². The van der Waals surface area contributed by atoms with Gasteiger partial charge in [0.25, 0.3) is 5.91 Å². The van der Waals surface area contributed by atoms with Gasteiger partial charge in [0, 0.05) is 23.2 Å². The molecule has 0 saturated heterocycles. The first-order valence-electron chi connectivity index (χ1n) is 13.8. The second-order valence-electron chi connectivity index (χ2n) is 11.0. The van der Waals surface area contributed by atoms with Gasteiger partial charge in [0.1, 0.15) is 17.5 Å². The predicted molar refractivity (Wildman–Crippen MR) is 162 cm³/mol. The van der Waals surface area contributed by atoms with Crippen LogP contribution in [-0.2, 0) is 16.0 Å². The van der Waals surface area contributed by atoms with Crippen LogP contribution in [0.3, 0.4) is 0 Å². The number of nitrogens with one attached hydrogen (secondary N) is 2. The van der Waals surface area contributed by atoms with Crippen molar-refractivity contribution >= 4 is 29.6 Å². The molecule has 45 heavy (non-hydrogen) atoms. The summed E-state index contributed by atoms with van der Waals surface area (Å²) in [7, 11) is 0. The zero-order valence-electron chi connectivity index (χ0n) is 24.6. The van der Waals surface area contributed by atoms with Crippen LogP contribution in [0.25, 0.3) is 11.1 Å². The number of aliphatic carboxylic acids is 1. The first-order chi connectivity index (χ1) is 21.3. The number of carbonyl (C=O) groups is 4. The van der Waals surface area contributed by atoms with Crippen molar-refractivity contribution in [3.05, 3.63) is 119 Å². The summed E-state index contributed by atoms with van der Waals surface area (Å²) < 4.78 is 39.8. The van der Waals surface area contributed by atoms with E-state index in [1.165, 1.54) is 42.5 Å². The first kappa shape index (κ1) is 32.3. The fourth-order valence-corrected chi connectivity index (χ4v) is 4.21. The Balaban J connectivity index is 1.37. The van der Waals surface area contributed by atoms with Gasteiger partial charge in [-0.05, 0) is 80.4 Å². The van der Waals surface area contributed by atoms with Crippen LogP contribution < -0.4 is 15.4 Å². The van der Waals surface area contributed by atoms with Crippen molar-refractivity contribution in [3.8, 4) is 16.9 Å². The highest BCUT2D eigenvalue weighted by molar-refractivity contribution is 5.97. The van der Waals surface area contributed by atoms with E-state index in [0.717, 1.165) is 18.2 Å². The fourth-order valence-electron chi connectivity index (χ4n) is 4.21. The van der Waals surface area contributed by atoms with Gasteiger partial charge in [0.2, 0.25) is 0 Å². The highest BCUT2D eigenvalue weighted by Gasteiger charge is 2.23. The number of halogens is 2. The number of hydrogen-bond acceptors (Lipinski definition) is 6. The molecular weight excluding hydrogens is 586 g/mol. The summed E-state index contributed by atoms with van der Waals surface area (Å²) in [4.78, 5) is 49.1. The number of ether oxygens (including phenoxy) is 2. The molecule has 11 heteroatoms. The lowest BCUT2D eigenvalue weighted by molar-refractivity contribution is -0.139. The number of benzene rings is 4. The Hall–Kier alpha value is -5.58. The lowest BCUT2D eigenvalue weighted by Gasteiger charge is -2.19. The van der Waals surface area contributed by atoms with Gasteiger partial charge < -0.3 is 19.9 Å². The average molecular weight is 617 g/mol. The molecule has 0 aliphatic carbocycles. The molecule has 0 spiro atoms. The van der Waals surface area contributed by atoms with E-state index in [-0.39, 0.29) is 28.7 Å². The Kier molecular flexibility index (Phi) is 9.92. The minimum absolute atomic E-state index is 0.123. The van der Waals surface area contributed by atoms with Crippen LogP contribution in [-0.4, -0.2) is 40.7 Å². The fraction of sp³-hybridized carbons (Fsp3) is 0.176. The summed E-state index contributed by atoms with van der Waals surface area (Å²) in [6, 6.07) is 20.3. The van der Waals surface area contributed by atoms with Crippen molar-refractivity contribution in [2.45, 2.75) is 38.8 Å². The molecule has 0 radical (unpaired) electrons. The van der Waals surface area contributed by atoms with Gasteiger partial charge in [0.05, 0.1) is 5.56 Å². The van der Waals surface area contributed by atoms with Crippen molar-refractivity contribution in [3.63, 3.8) is 0 Å². The minimum Gasteiger partial charge on any atom is -0.480 e. The number of rotatable bonds is 9. The van der Waals surface area contributed by atoms with Gasteiger partial charge in [0.15, 0.2) is 11.6 Å². The molecule has 3 N–H and O–H groups in total. The van der Waals surface area contributed by atoms with E-state index in [2.05, 4.69) is 10.6 Å². The lowest BCUT2D eigenvalue weighted by atomic mass is 10.0. The second-order valence-corrected chi connectivity index (χ2v) is 11.0. The Labute approximate surface area is 257 Å². The Morgan fingerprint density at radius 1 is 0.822 bits per heavy atom. The number of carbonyl (C=O) groups excluding carboxylic acids is 3. The number of amides is 2. The van der Waals surface area contributed by atoms with Crippen molar-refractivity contribution in [2.75, 3.05) is 5.32 Å². The Bertz CT molecular complexity index is 1720. The zero-order valence-corrected chi connectivity index (χ0v) is 24.6. The van der Waals surface area contributed by atoms with E-state index >= 15 is 0 Å². The molecule has 0 heterocycles. The summed E-state index contributed by atoms with van der Waals surface area (Å²) in [6.45, 7) is 5.15. The number of esters is 1. The van der Waals surface area contributed by atoms with Gasteiger partial charge in [-0.15, -0.1) is 0 Å². The average Bonchev–Trinajstić information content (AvgIpc) is 2.97. The van der Waals surface area contributed by atoms with E-state index in [4.69, 9.17) is 9.47 Å². The number of hydrogen-bond donors (Lipinski definition) is 3. The summed E-state index contributed by atoms with van der Waals surface area (Å²) in [6.07, 6.45) is -0.957. The van der Waals surface area contributed by atoms with Crippen molar-refractivity contribution < 1.29 is 42.5 Å². The third-order valence-corrected chi connectivity index (χ3v) is 6.32. The number of carboxylic acids is 1. The second kappa shape index (κ2) is 13.8. The summed E-state index contributed by atoms with van der Waals surface area (Å²) in [5.41, 5.74) is 0.778. The van der Waals surface area contributed by atoms with Crippen LogP contribution in [0.2, 0.25) is 0 Å². The molecule has 1 atom stereocenters. The van der Waals surface area contributed by atoms with Gasteiger partial charge in [-0.2, -0.15) is 0 Å². The molecule has 9 nitrogen and oxygen atoms in total. The minimum atomic E-state index is -1.42. The molecule has 232 valence electrons. The van der Waals surface area contributed by atoms with Gasteiger partial charge >= 0.3 is 18.0 Å². The molecule has 0 aromatic heterocycles. The highest BCUT2D eigenvalue weighted by atomic mass is 19.1. The topological polar surface area (TPSA) is 131 Å². The molecule has 4 aromatic carbocycles. The van der Waals surface area contributed by atoms with Crippen molar-refractivity contribution in [2.24, 2.45) is 0 Å². The normalized spacial score (nSPS) is 11.7. The van der Waals surface area contributed by atoms with Crippen molar-refractivity contribution in [1.82, 2.24) is 5.32 Å². The van der Waals surface area contributed by atoms with E-state index in [1.807, 2.05) is 0 Å². The predicted octanol–water partition coefficient (Wildman–Crippen LogP) is 6.62. The van der Waals surface area contributed by atoms with Gasteiger partial charge in [-0.3, -0.25) is 10.1 Å². The highest BCUT2D eigenvalue weighted by Crippen LogP contribution is 2.25. The van der Waals surface area contributed by atoms with Crippen LogP contribution in [0.1, 0.15) is 47.1 Å². The Morgan fingerprint density at radius 3 is 2.09 bits per heavy atom. The lowest BCUT2D eigenvalue weighted by Crippen LogP contribution is -2.42. The maximum absolute atomic E-state index is 14.9. The monoisotopic (exact) mass is 616 g/mol. The summed E-state index contributed by atoms with van der Waals surface area (Å²) in [5, 5.41) is 14.6. The van der Waals surface area contributed by atoms with Crippen LogP contribution in [0, 0.1) is 11.6 Å². The van der Waals surface area contributed by atoms with Crippen LogP contribution in [0.15, 0.2) is 91.0 Å². The molecule has 0 saturated carbocycles. The number of anilines is 1. The summed E-state index contributed by atoms with van der Waals surface area (Å²) in [5.74, 6) is -5.09. The van der Waals surface area contributed by atoms with Crippen LogP contribution >= 0.6 is 0 Å². The molecular formula is C34H30F2N2O7. The largest absolute Gasteiger partial charge is 0.480 e. The molecule has 4 aromatic rings. The molecule has 1 unspecified atom stereocenters. The SMILES string of the molecule is CC(C)(C)OC(=O)Nc1ccc(C(=O)NC(Cc2ccc(OC(=O)c3ccc(-c4ccccc4)c(F)c3)c(F)c2)C(=O)O)cc1. The maximum atomic E-state index is 14.9. The third-order valence-electron chi connectivity index (χ3n) is 6.32. The maximum Gasteiger partial charge on any atom is 0.412 e. The van der Waals surface area contributed by atoms with Gasteiger partial charge in [-0.25, -0.2) is 23.2 Å². The summed E-state index contributed by atoms with van der Waals surface area (Å²) >= 11 is 0. The molecule has 0 bridgehead atoms. The molecule has 4 rings (SSSR count). The smallest absolute Gasteiger partial charge is 0.412 e. The van der Waals surface area contributed by atoms with Crippen LogP contribution in [0.4, 0.5) is 19.3 Å². The molecule has 0 fully saturated rings. The van der Waals surface area contributed by atoms with Crippen LogP contribution in [0.5, 0.6) is 5.75 Å². The van der Waals surface area contributed by atoms with E-state index in [0.29, 0.717) is 11.3 Å². The number of carboxylic acid groups (broad SMARTS) is 1. The molecule has 0 aliphatic heterocycles. The third kappa shape index (κ3) is 8.96. The standard InChI is InChI=1S/C34H30F2N2O7/c1-34(2,3)45-33(43)37-24-13-10-22(11-14-24)30(39)38-28(31(40)41)18-20-9-16-29(27(36)17-20)44-32(42)23-12-15-25(26(35)19-23)21-7-5-4-6-8-21/h4-17,19,28H,18H2,1-3H3,(H,37,43)(H,38,39)(H,40,41). The molecule has 2 amide bonds. The quantitative estimate of drug-likeness (QED) is 0.142. The first-order valence-corrected chi connectivity index (χ1v) is 13.8. The van der Waals surface area contributed by atoms with Gasteiger partial charge in [-0.1, -0.05) is 42.5 Å². The van der Waals surface area contributed by atoms with E-state index < -0.39 is 53.0 Å². The van der Waals surface area contributed by atoms with Crippen molar-refractivity contribution in [1.29, 1.82) is 0 Å². The Morgan fingerprint density at radius 2 is 1.49 bits per heavy atom.